The molecule has 0 unspecified atom stereocenters. The van der Waals surface area contributed by atoms with Gasteiger partial charge in [-0.05, 0) is 12.2 Å². The van der Waals surface area contributed by atoms with Crippen molar-refractivity contribution >= 4 is 23.2 Å². The second-order valence-electron chi connectivity index (χ2n) is 2.55. The van der Waals surface area contributed by atoms with Crippen LogP contribution in [0.5, 0.6) is 0 Å². The number of hydrogen-bond acceptors (Lipinski definition) is 5. The molecule has 0 saturated heterocycles. The summed E-state index contributed by atoms with van der Waals surface area (Å²) in [6.07, 6.45) is 0. The van der Waals surface area contributed by atoms with E-state index in [1.54, 1.807) is 0 Å². The number of hydrogen-bond donors (Lipinski definition) is 3. The first kappa shape index (κ1) is 11.4. The Morgan fingerprint density at radius 3 is 3.07 bits per heavy atom. The summed E-state index contributed by atoms with van der Waals surface area (Å²) in [5.74, 6) is -0.0353. The second kappa shape index (κ2) is 5.27. The molecular weight excluding hydrogens is 220 g/mol. The summed E-state index contributed by atoms with van der Waals surface area (Å²) in [6.45, 7) is 0.253. The average molecular weight is 230 g/mol. The fourth-order valence-electron chi connectivity index (χ4n) is 0.813. The lowest BCUT2D eigenvalue weighted by molar-refractivity contribution is 0.0934. The van der Waals surface area contributed by atoms with Gasteiger partial charge in [0.25, 0.3) is 5.91 Å². The standard InChI is InChI=1S/C7H10N4O3S/c1-13-3-4-2-5(11-14-4)6(12)9-10-7(8)15/h2H,3H2,1H3,(H,9,12)(H3,8,10,15). The quantitative estimate of drug-likeness (QED) is 0.466. The lowest BCUT2D eigenvalue weighted by Crippen LogP contribution is -2.44. The van der Waals surface area contributed by atoms with E-state index in [1.807, 2.05) is 0 Å². The number of rotatable bonds is 3. The van der Waals surface area contributed by atoms with Gasteiger partial charge in [-0.25, -0.2) is 0 Å². The minimum Gasteiger partial charge on any atom is -0.377 e. The molecule has 0 atom stereocenters. The van der Waals surface area contributed by atoms with Gasteiger partial charge in [0.1, 0.15) is 6.61 Å². The van der Waals surface area contributed by atoms with Crippen molar-refractivity contribution in [1.82, 2.24) is 16.0 Å². The highest BCUT2D eigenvalue weighted by Gasteiger charge is 2.11. The number of nitrogens with zero attached hydrogens (tertiary/aromatic N) is 1. The first-order valence-corrected chi connectivity index (χ1v) is 4.34. The maximum Gasteiger partial charge on any atom is 0.291 e. The van der Waals surface area contributed by atoms with Crippen LogP contribution in [0.15, 0.2) is 10.6 Å². The first-order chi connectivity index (χ1) is 7.13. The van der Waals surface area contributed by atoms with Crippen molar-refractivity contribution in [3.8, 4) is 0 Å². The number of ether oxygens (including phenoxy) is 1. The summed E-state index contributed by atoms with van der Waals surface area (Å²) in [4.78, 5) is 11.3. The van der Waals surface area contributed by atoms with E-state index >= 15 is 0 Å². The molecule has 0 aliphatic rings. The van der Waals surface area contributed by atoms with Crippen LogP contribution in [-0.4, -0.2) is 23.3 Å². The second-order valence-corrected chi connectivity index (χ2v) is 2.99. The maximum absolute atomic E-state index is 11.3. The Hall–Kier alpha value is -1.67. The van der Waals surface area contributed by atoms with Crippen LogP contribution < -0.4 is 16.6 Å². The van der Waals surface area contributed by atoms with Gasteiger partial charge >= 0.3 is 0 Å². The highest BCUT2D eigenvalue weighted by atomic mass is 32.1. The molecule has 1 rings (SSSR count). The van der Waals surface area contributed by atoms with Gasteiger partial charge in [-0.3, -0.25) is 15.6 Å². The summed E-state index contributed by atoms with van der Waals surface area (Å²) in [5, 5.41) is 3.48. The van der Waals surface area contributed by atoms with Crippen LogP contribution in [-0.2, 0) is 11.3 Å². The molecule has 1 amide bonds. The Morgan fingerprint density at radius 1 is 1.73 bits per heavy atom. The molecule has 0 saturated carbocycles. The number of methoxy groups -OCH3 is 1. The summed E-state index contributed by atoms with van der Waals surface area (Å²) in [5.41, 5.74) is 9.75. The molecule has 0 spiro atoms. The molecule has 0 aliphatic carbocycles. The molecule has 0 aliphatic heterocycles. The zero-order valence-corrected chi connectivity index (χ0v) is 8.76. The first-order valence-electron chi connectivity index (χ1n) is 3.94. The van der Waals surface area contributed by atoms with Crippen LogP contribution in [0.2, 0.25) is 0 Å². The molecule has 7 nitrogen and oxygen atoms in total. The van der Waals surface area contributed by atoms with E-state index in [4.69, 9.17) is 15.0 Å². The van der Waals surface area contributed by atoms with E-state index < -0.39 is 5.91 Å². The summed E-state index contributed by atoms with van der Waals surface area (Å²) in [6, 6.07) is 1.46. The van der Waals surface area contributed by atoms with E-state index in [0.717, 1.165) is 0 Å². The van der Waals surface area contributed by atoms with Crippen molar-refractivity contribution in [2.24, 2.45) is 5.73 Å². The third-order valence-corrected chi connectivity index (χ3v) is 1.48. The minimum atomic E-state index is -0.492. The largest absolute Gasteiger partial charge is 0.377 e. The van der Waals surface area contributed by atoms with Gasteiger partial charge in [0, 0.05) is 13.2 Å². The van der Waals surface area contributed by atoms with Gasteiger partial charge < -0.3 is 15.0 Å². The van der Waals surface area contributed by atoms with Crippen LogP contribution in [0, 0.1) is 0 Å². The normalized spacial score (nSPS) is 9.67. The third kappa shape index (κ3) is 3.52. The number of aromatic nitrogens is 1. The fraction of sp³-hybridized carbons (Fsp3) is 0.286. The number of carbonyl (C=O) groups is 1. The maximum atomic E-state index is 11.3. The topological polar surface area (TPSA) is 102 Å². The SMILES string of the molecule is COCc1cc(C(=O)NNC(N)=S)no1. The highest BCUT2D eigenvalue weighted by molar-refractivity contribution is 7.80. The highest BCUT2D eigenvalue weighted by Crippen LogP contribution is 2.03. The van der Waals surface area contributed by atoms with Crippen molar-refractivity contribution in [3.05, 3.63) is 17.5 Å². The van der Waals surface area contributed by atoms with Gasteiger partial charge in [0.05, 0.1) is 0 Å². The minimum absolute atomic E-state index is 0.0380. The molecule has 15 heavy (non-hydrogen) atoms. The van der Waals surface area contributed by atoms with E-state index in [2.05, 4.69) is 28.2 Å². The molecule has 8 heteroatoms. The fourth-order valence-corrected chi connectivity index (χ4v) is 0.864. The number of carbonyl (C=O) groups excluding carboxylic acids is 1. The lowest BCUT2D eigenvalue weighted by atomic mass is 10.3. The monoisotopic (exact) mass is 230 g/mol. The number of amides is 1. The van der Waals surface area contributed by atoms with E-state index in [1.165, 1.54) is 13.2 Å². The van der Waals surface area contributed by atoms with Gasteiger partial charge in [-0.15, -0.1) is 0 Å². The predicted molar refractivity (Wildman–Crippen MR) is 54.6 cm³/mol. The molecule has 0 bridgehead atoms. The number of nitrogens with one attached hydrogen (secondary N) is 2. The zero-order chi connectivity index (χ0) is 11.3. The van der Waals surface area contributed by atoms with Crippen LogP contribution >= 0.6 is 12.2 Å². The lowest BCUT2D eigenvalue weighted by Gasteiger charge is -2.02. The van der Waals surface area contributed by atoms with Gasteiger partial charge in [-0.1, -0.05) is 5.16 Å². The third-order valence-electron chi connectivity index (χ3n) is 1.38. The molecule has 0 radical (unpaired) electrons. The van der Waals surface area contributed by atoms with Crippen LogP contribution in [0.25, 0.3) is 0 Å². The Bertz CT molecular complexity index is 365. The van der Waals surface area contributed by atoms with E-state index in [-0.39, 0.29) is 17.4 Å². The molecule has 0 aromatic carbocycles. The Morgan fingerprint density at radius 2 is 2.47 bits per heavy atom. The van der Waals surface area contributed by atoms with E-state index in [0.29, 0.717) is 5.76 Å². The van der Waals surface area contributed by atoms with Gasteiger partial charge in [0.2, 0.25) is 0 Å². The summed E-state index contributed by atoms with van der Waals surface area (Å²) >= 11 is 4.50. The number of nitrogens with two attached hydrogens (primary N) is 1. The Kier molecular flexibility index (Phi) is 4.01. The Labute approximate surface area is 90.9 Å². The van der Waals surface area contributed by atoms with Crippen molar-refractivity contribution in [2.45, 2.75) is 6.61 Å². The Balaban J connectivity index is 2.54. The zero-order valence-electron chi connectivity index (χ0n) is 7.94. The van der Waals surface area contributed by atoms with E-state index in [9.17, 15) is 4.79 Å². The molecule has 0 fully saturated rings. The number of thiocarbonyl (C=S) groups is 1. The smallest absolute Gasteiger partial charge is 0.291 e. The molecule has 1 aromatic rings. The van der Waals surface area contributed by atoms with Crippen molar-refractivity contribution in [2.75, 3.05) is 7.11 Å². The molecule has 4 N–H and O–H groups in total. The van der Waals surface area contributed by atoms with Crippen molar-refractivity contribution in [1.29, 1.82) is 0 Å². The van der Waals surface area contributed by atoms with Crippen molar-refractivity contribution < 1.29 is 14.1 Å². The molecule has 82 valence electrons. The molecule has 1 heterocycles. The van der Waals surface area contributed by atoms with Crippen molar-refractivity contribution in [3.63, 3.8) is 0 Å². The summed E-state index contributed by atoms with van der Waals surface area (Å²) in [7, 11) is 1.51. The van der Waals surface area contributed by atoms with Crippen LogP contribution in [0.3, 0.4) is 0 Å². The predicted octanol–water partition coefficient (Wildman–Crippen LogP) is -0.701. The van der Waals surface area contributed by atoms with Crippen LogP contribution in [0.1, 0.15) is 16.2 Å². The summed E-state index contributed by atoms with van der Waals surface area (Å²) < 4.78 is 9.60. The average Bonchev–Trinajstić information content (AvgIpc) is 2.63. The molecular formula is C7H10N4O3S. The van der Waals surface area contributed by atoms with Gasteiger partial charge in [-0.2, -0.15) is 0 Å². The van der Waals surface area contributed by atoms with Crippen LogP contribution in [0.4, 0.5) is 0 Å². The molecule has 1 aromatic heterocycles. The number of hydrazine groups is 1. The van der Waals surface area contributed by atoms with Gasteiger partial charge in [0.15, 0.2) is 16.6 Å².